The average Bonchev–Trinajstić information content (AvgIpc) is 3.13. The van der Waals surface area contributed by atoms with Gasteiger partial charge in [-0.1, -0.05) is 22.0 Å². The Morgan fingerprint density at radius 2 is 2.26 bits per heavy atom. The number of carbonyl (C=O) groups is 1. The Hall–Kier alpha value is -0.940. The Bertz CT molecular complexity index is 477. The topological polar surface area (TPSA) is 40.5 Å². The normalized spacial score (nSPS) is 16.6. The van der Waals surface area contributed by atoms with E-state index in [1.165, 1.54) is 12.1 Å². The van der Waals surface area contributed by atoms with Crippen LogP contribution in [0.1, 0.15) is 37.8 Å². The summed E-state index contributed by atoms with van der Waals surface area (Å²) in [5.41, 5.74) is 0.999. The second-order valence-electron chi connectivity index (χ2n) is 4.95. The largest absolute Gasteiger partial charge is 0.481 e. The molecule has 0 aromatic heterocycles. The van der Waals surface area contributed by atoms with Crippen molar-refractivity contribution < 1.29 is 14.3 Å². The van der Waals surface area contributed by atoms with Gasteiger partial charge < -0.3 is 5.11 Å². The Labute approximate surface area is 120 Å². The highest BCUT2D eigenvalue weighted by molar-refractivity contribution is 9.10. The highest BCUT2D eigenvalue weighted by Crippen LogP contribution is 2.36. The molecule has 1 aliphatic rings. The summed E-state index contributed by atoms with van der Waals surface area (Å²) in [4.78, 5) is 12.9. The van der Waals surface area contributed by atoms with Crippen molar-refractivity contribution in [1.29, 1.82) is 0 Å². The molecule has 3 nitrogen and oxygen atoms in total. The fourth-order valence-electron chi connectivity index (χ4n) is 2.34. The van der Waals surface area contributed by atoms with Gasteiger partial charge in [-0.15, -0.1) is 0 Å². The Morgan fingerprint density at radius 1 is 1.58 bits per heavy atom. The molecule has 0 aliphatic heterocycles. The molecule has 1 aromatic carbocycles. The van der Waals surface area contributed by atoms with Crippen LogP contribution in [0, 0.1) is 5.82 Å². The number of benzene rings is 1. The van der Waals surface area contributed by atoms with Gasteiger partial charge in [0.2, 0.25) is 0 Å². The van der Waals surface area contributed by atoms with Crippen LogP contribution in [-0.4, -0.2) is 28.6 Å². The SMILES string of the molecule is CC(c1ccc(F)cc1Br)N(CCC(=O)O)C1CC1. The summed E-state index contributed by atoms with van der Waals surface area (Å²) >= 11 is 3.38. The highest BCUT2D eigenvalue weighted by Gasteiger charge is 2.33. The Morgan fingerprint density at radius 3 is 2.79 bits per heavy atom. The molecule has 0 saturated heterocycles. The second-order valence-corrected chi connectivity index (χ2v) is 5.81. The average molecular weight is 330 g/mol. The predicted octanol–water partition coefficient (Wildman–Crippen LogP) is 3.59. The molecule has 1 N–H and O–H groups in total. The molecule has 1 aliphatic carbocycles. The van der Waals surface area contributed by atoms with Gasteiger partial charge in [0.25, 0.3) is 0 Å². The molecule has 0 heterocycles. The maximum Gasteiger partial charge on any atom is 0.304 e. The first kappa shape index (κ1) is 14.5. The molecule has 0 amide bonds. The van der Waals surface area contributed by atoms with Crippen molar-refractivity contribution >= 4 is 21.9 Å². The molecule has 5 heteroatoms. The van der Waals surface area contributed by atoms with Crippen molar-refractivity contribution in [1.82, 2.24) is 4.90 Å². The van der Waals surface area contributed by atoms with E-state index in [-0.39, 0.29) is 18.3 Å². The first-order chi connectivity index (χ1) is 8.99. The summed E-state index contributed by atoms with van der Waals surface area (Å²) in [5, 5.41) is 8.82. The Kier molecular flexibility index (Phi) is 4.58. The second kappa shape index (κ2) is 6.01. The summed E-state index contributed by atoms with van der Waals surface area (Å²) in [7, 11) is 0. The molecule has 19 heavy (non-hydrogen) atoms. The molecule has 0 spiro atoms. The third-order valence-corrected chi connectivity index (χ3v) is 4.20. The van der Waals surface area contributed by atoms with E-state index < -0.39 is 5.97 Å². The number of carboxylic acid groups (broad SMARTS) is 1. The molecule has 1 atom stereocenters. The van der Waals surface area contributed by atoms with Crippen LogP contribution in [-0.2, 0) is 4.79 Å². The Balaban J connectivity index is 2.13. The smallest absolute Gasteiger partial charge is 0.304 e. The van der Waals surface area contributed by atoms with Crippen LogP contribution in [0.15, 0.2) is 22.7 Å². The van der Waals surface area contributed by atoms with Gasteiger partial charge in [-0.2, -0.15) is 0 Å². The zero-order valence-corrected chi connectivity index (χ0v) is 12.4. The van der Waals surface area contributed by atoms with Crippen LogP contribution in [0.2, 0.25) is 0 Å². The van der Waals surface area contributed by atoms with Crippen LogP contribution in [0.3, 0.4) is 0 Å². The van der Waals surface area contributed by atoms with Crippen molar-refractivity contribution in [3.8, 4) is 0 Å². The van der Waals surface area contributed by atoms with Crippen LogP contribution in [0.5, 0.6) is 0 Å². The van der Waals surface area contributed by atoms with Gasteiger partial charge in [-0.3, -0.25) is 9.69 Å². The summed E-state index contributed by atoms with van der Waals surface area (Å²) < 4.78 is 13.9. The van der Waals surface area contributed by atoms with E-state index in [1.54, 1.807) is 6.07 Å². The molecule has 1 fully saturated rings. The van der Waals surface area contributed by atoms with Crippen LogP contribution >= 0.6 is 15.9 Å². The molecular formula is C14H17BrFNO2. The quantitative estimate of drug-likeness (QED) is 0.867. The maximum absolute atomic E-state index is 13.1. The first-order valence-electron chi connectivity index (χ1n) is 6.41. The van der Waals surface area contributed by atoms with Gasteiger partial charge >= 0.3 is 5.97 Å². The minimum Gasteiger partial charge on any atom is -0.481 e. The van der Waals surface area contributed by atoms with Gasteiger partial charge in [0.1, 0.15) is 5.82 Å². The standard InChI is InChI=1S/C14H17BrFNO2/c1-9(12-5-2-10(16)8-13(12)15)17(11-3-4-11)7-6-14(18)19/h2,5,8-9,11H,3-4,6-7H2,1H3,(H,18,19). The van der Waals surface area contributed by atoms with Gasteiger partial charge in [0.15, 0.2) is 0 Å². The van der Waals surface area contributed by atoms with Gasteiger partial charge in [-0.25, -0.2) is 4.39 Å². The molecule has 1 saturated carbocycles. The van der Waals surface area contributed by atoms with E-state index in [4.69, 9.17) is 5.11 Å². The molecule has 0 bridgehead atoms. The minimum absolute atomic E-state index is 0.0850. The molecular weight excluding hydrogens is 313 g/mol. The van der Waals surface area contributed by atoms with E-state index in [9.17, 15) is 9.18 Å². The maximum atomic E-state index is 13.1. The number of halogens is 2. The molecule has 2 rings (SSSR count). The van der Waals surface area contributed by atoms with E-state index in [1.807, 2.05) is 6.92 Å². The summed E-state index contributed by atoms with van der Waals surface area (Å²) in [6, 6.07) is 5.21. The van der Waals surface area contributed by atoms with Crippen LogP contribution in [0.4, 0.5) is 4.39 Å². The minimum atomic E-state index is -0.781. The van der Waals surface area contributed by atoms with Crippen molar-refractivity contribution in [2.24, 2.45) is 0 Å². The zero-order valence-electron chi connectivity index (χ0n) is 10.8. The van der Waals surface area contributed by atoms with E-state index in [0.717, 1.165) is 22.9 Å². The number of rotatable bonds is 6. The van der Waals surface area contributed by atoms with Gasteiger partial charge in [-0.05, 0) is 37.5 Å². The molecule has 0 radical (unpaired) electrons. The van der Waals surface area contributed by atoms with Crippen molar-refractivity contribution in [3.63, 3.8) is 0 Å². The number of hydrogen-bond donors (Lipinski definition) is 1. The number of hydrogen-bond acceptors (Lipinski definition) is 2. The lowest BCUT2D eigenvalue weighted by atomic mass is 10.1. The van der Waals surface area contributed by atoms with E-state index in [0.29, 0.717) is 12.6 Å². The van der Waals surface area contributed by atoms with E-state index >= 15 is 0 Å². The third kappa shape index (κ3) is 3.76. The lowest BCUT2D eigenvalue weighted by Crippen LogP contribution is -2.31. The predicted molar refractivity (Wildman–Crippen MR) is 74.5 cm³/mol. The monoisotopic (exact) mass is 329 g/mol. The number of nitrogens with zero attached hydrogens (tertiary/aromatic N) is 1. The summed E-state index contributed by atoms with van der Waals surface area (Å²) in [5.74, 6) is -1.05. The number of aliphatic carboxylic acids is 1. The molecule has 1 unspecified atom stereocenters. The summed E-state index contributed by atoms with van der Waals surface area (Å²) in [6.45, 7) is 2.57. The van der Waals surface area contributed by atoms with Crippen LogP contribution < -0.4 is 0 Å². The van der Waals surface area contributed by atoms with Crippen molar-refractivity contribution in [2.45, 2.75) is 38.3 Å². The van der Waals surface area contributed by atoms with Crippen molar-refractivity contribution in [3.05, 3.63) is 34.1 Å². The highest BCUT2D eigenvalue weighted by atomic mass is 79.9. The van der Waals surface area contributed by atoms with E-state index in [2.05, 4.69) is 20.8 Å². The van der Waals surface area contributed by atoms with Gasteiger partial charge in [0.05, 0.1) is 6.42 Å². The van der Waals surface area contributed by atoms with Crippen LogP contribution in [0.25, 0.3) is 0 Å². The molecule has 104 valence electrons. The van der Waals surface area contributed by atoms with Gasteiger partial charge in [0, 0.05) is 23.1 Å². The third-order valence-electron chi connectivity index (χ3n) is 3.51. The number of carboxylic acids is 1. The zero-order chi connectivity index (χ0) is 14.0. The lowest BCUT2D eigenvalue weighted by molar-refractivity contribution is -0.137. The van der Waals surface area contributed by atoms with Crippen molar-refractivity contribution in [2.75, 3.05) is 6.54 Å². The fourth-order valence-corrected chi connectivity index (χ4v) is 3.02. The molecule has 1 aromatic rings. The first-order valence-corrected chi connectivity index (χ1v) is 7.21. The summed E-state index contributed by atoms with van der Waals surface area (Å²) in [6.07, 6.45) is 2.37. The fraction of sp³-hybridized carbons (Fsp3) is 0.500. The lowest BCUT2D eigenvalue weighted by Gasteiger charge is -2.29.